The van der Waals surface area contributed by atoms with Crippen molar-refractivity contribution in [3.05, 3.63) is 35.4 Å². The number of carbonyl (C=O) groups excluding carboxylic acids is 2. The van der Waals surface area contributed by atoms with Gasteiger partial charge in [-0.3, -0.25) is 4.79 Å². The molecule has 1 saturated carbocycles. The molecular formula is C17H20F3NO3. The van der Waals surface area contributed by atoms with E-state index in [0.29, 0.717) is 12.0 Å². The highest BCUT2D eigenvalue weighted by molar-refractivity contribution is 5.91. The topological polar surface area (TPSA) is 55.4 Å². The molecule has 0 unspecified atom stereocenters. The van der Waals surface area contributed by atoms with E-state index in [1.807, 2.05) is 0 Å². The summed E-state index contributed by atoms with van der Waals surface area (Å²) in [4.78, 5) is 23.6. The van der Waals surface area contributed by atoms with Crippen molar-refractivity contribution in [2.75, 3.05) is 6.61 Å². The maximum atomic E-state index is 12.6. The zero-order valence-electron chi connectivity index (χ0n) is 13.4. The molecule has 0 aromatic heterocycles. The predicted octanol–water partition coefficient (Wildman–Crippen LogP) is 3.56. The summed E-state index contributed by atoms with van der Waals surface area (Å²) in [6.07, 6.45) is -0.696. The van der Waals surface area contributed by atoms with E-state index < -0.39 is 30.2 Å². The van der Waals surface area contributed by atoms with Crippen molar-refractivity contribution in [3.63, 3.8) is 0 Å². The molecule has 24 heavy (non-hydrogen) atoms. The summed E-state index contributed by atoms with van der Waals surface area (Å²) in [5.74, 6) is -0.736. The third kappa shape index (κ3) is 5.25. The van der Waals surface area contributed by atoms with Crippen LogP contribution in [0.3, 0.4) is 0 Å². The van der Waals surface area contributed by atoms with Crippen LogP contribution in [0.25, 0.3) is 0 Å². The van der Waals surface area contributed by atoms with Gasteiger partial charge < -0.3 is 10.1 Å². The molecule has 0 aliphatic heterocycles. The highest BCUT2D eigenvalue weighted by atomic mass is 19.4. The molecule has 1 aliphatic carbocycles. The van der Waals surface area contributed by atoms with Gasteiger partial charge in [0.1, 0.15) is 0 Å². The molecule has 0 radical (unpaired) electrons. The van der Waals surface area contributed by atoms with Gasteiger partial charge >= 0.3 is 12.1 Å². The summed E-state index contributed by atoms with van der Waals surface area (Å²) < 4.78 is 42.7. The van der Waals surface area contributed by atoms with Crippen molar-refractivity contribution < 1.29 is 27.5 Å². The SMILES string of the molecule is CC1CCC(NC(=O)COC(=O)c2cccc(C(F)(F)F)c2)CC1. The fraction of sp³-hybridized carbons (Fsp3) is 0.529. The number of hydrogen-bond acceptors (Lipinski definition) is 3. The summed E-state index contributed by atoms with van der Waals surface area (Å²) in [6, 6.07) is 4.00. The van der Waals surface area contributed by atoms with Crippen molar-refractivity contribution in [2.45, 2.75) is 44.8 Å². The van der Waals surface area contributed by atoms with Crippen LogP contribution in [0.2, 0.25) is 0 Å². The Balaban J connectivity index is 1.83. The molecule has 1 N–H and O–H groups in total. The van der Waals surface area contributed by atoms with Crippen LogP contribution in [0.5, 0.6) is 0 Å². The summed E-state index contributed by atoms with van der Waals surface area (Å²) in [6.45, 7) is 1.66. The normalized spacial score (nSPS) is 21.2. The molecular weight excluding hydrogens is 323 g/mol. The monoisotopic (exact) mass is 343 g/mol. The van der Waals surface area contributed by atoms with Crippen molar-refractivity contribution in [3.8, 4) is 0 Å². The molecule has 1 fully saturated rings. The Morgan fingerprint density at radius 1 is 1.21 bits per heavy atom. The smallest absolute Gasteiger partial charge is 0.416 e. The van der Waals surface area contributed by atoms with E-state index >= 15 is 0 Å². The Bertz CT molecular complexity index is 593. The van der Waals surface area contributed by atoms with Crippen molar-refractivity contribution in [1.82, 2.24) is 5.32 Å². The maximum absolute atomic E-state index is 12.6. The average molecular weight is 343 g/mol. The molecule has 0 bridgehead atoms. The number of rotatable bonds is 4. The summed E-state index contributed by atoms with van der Waals surface area (Å²) in [5, 5.41) is 2.79. The summed E-state index contributed by atoms with van der Waals surface area (Å²) in [7, 11) is 0. The Hall–Kier alpha value is -2.05. The number of alkyl halides is 3. The lowest BCUT2D eigenvalue weighted by Gasteiger charge is -2.26. The minimum atomic E-state index is -4.54. The summed E-state index contributed by atoms with van der Waals surface area (Å²) in [5.41, 5.74) is -1.16. The molecule has 1 aromatic carbocycles. The van der Waals surface area contributed by atoms with Crippen LogP contribution in [0.15, 0.2) is 24.3 Å². The van der Waals surface area contributed by atoms with E-state index in [0.717, 1.165) is 37.8 Å². The number of amides is 1. The molecule has 1 aliphatic rings. The van der Waals surface area contributed by atoms with Crippen molar-refractivity contribution in [1.29, 1.82) is 0 Å². The molecule has 1 aromatic rings. The predicted molar refractivity (Wildman–Crippen MR) is 81.3 cm³/mol. The van der Waals surface area contributed by atoms with Gasteiger partial charge in [0, 0.05) is 6.04 Å². The van der Waals surface area contributed by atoms with Gasteiger partial charge in [0.25, 0.3) is 5.91 Å². The van der Waals surface area contributed by atoms with Gasteiger partial charge in [-0.2, -0.15) is 13.2 Å². The van der Waals surface area contributed by atoms with E-state index in [2.05, 4.69) is 12.2 Å². The maximum Gasteiger partial charge on any atom is 0.416 e. The molecule has 2 rings (SSSR count). The molecule has 0 spiro atoms. The Labute approximate surface area is 138 Å². The number of hydrogen-bond donors (Lipinski definition) is 1. The van der Waals surface area contributed by atoms with Gasteiger partial charge in [-0.05, 0) is 49.8 Å². The third-order valence-electron chi connectivity index (χ3n) is 4.14. The van der Waals surface area contributed by atoms with E-state index in [1.54, 1.807) is 0 Å². The van der Waals surface area contributed by atoms with Gasteiger partial charge in [0.05, 0.1) is 11.1 Å². The molecule has 4 nitrogen and oxygen atoms in total. The average Bonchev–Trinajstić information content (AvgIpc) is 2.54. The lowest BCUT2D eigenvalue weighted by atomic mass is 9.87. The second kappa shape index (κ2) is 7.68. The fourth-order valence-electron chi connectivity index (χ4n) is 2.71. The minimum Gasteiger partial charge on any atom is -0.452 e. The third-order valence-corrected chi connectivity index (χ3v) is 4.14. The molecule has 132 valence electrons. The molecule has 7 heteroatoms. The van der Waals surface area contributed by atoms with E-state index in [-0.39, 0.29) is 11.6 Å². The van der Waals surface area contributed by atoms with E-state index in [1.165, 1.54) is 6.07 Å². The van der Waals surface area contributed by atoms with Crippen LogP contribution >= 0.6 is 0 Å². The Morgan fingerprint density at radius 3 is 2.50 bits per heavy atom. The van der Waals surface area contributed by atoms with Crippen LogP contribution < -0.4 is 5.32 Å². The van der Waals surface area contributed by atoms with Crippen LogP contribution in [0.1, 0.15) is 48.5 Å². The first-order valence-electron chi connectivity index (χ1n) is 7.89. The zero-order chi connectivity index (χ0) is 17.7. The second-order valence-corrected chi connectivity index (χ2v) is 6.18. The number of esters is 1. The zero-order valence-corrected chi connectivity index (χ0v) is 13.4. The fourth-order valence-corrected chi connectivity index (χ4v) is 2.71. The van der Waals surface area contributed by atoms with Crippen molar-refractivity contribution in [2.24, 2.45) is 5.92 Å². The second-order valence-electron chi connectivity index (χ2n) is 6.18. The number of benzene rings is 1. The quantitative estimate of drug-likeness (QED) is 0.851. The standard InChI is InChI=1S/C17H20F3NO3/c1-11-5-7-14(8-6-11)21-15(22)10-24-16(23)12-3-2-4-13(9-12)17(18,19)20/h2-4,9,11,14H,5-8,10H2,1H3,(H,21,22). The number of carbonyl (C=O) groups is 2. The van der Waals surface area contributed by atoms with Gasteiger partial charge in [-0.1, -0.05) is 13.0 Å². The first kappa shape index (κ1) is 18.3. The molecule has 1 amide bonds. The van der Waals surface area contributed by atoms with Crippen molar-refractivity contribution >= 4 is 11.9 Å². The number of nitrogens with one attached hydrogen (secondary N) is 1. The largest absolute Gasteiger partial charge is 0.452 e. The van der Waals surface area contributed by atoms with Crippen LogP contribution in [-0.2, 0) is 15.7 Å². The first-order valence-corrected chi connectivity index (χ1v) is 7.89. The first-order chi connectivity index (χ1) is 11.3. The van der Waals surface area contributed by atoms with Gasteiger partial charge in [-0.15, -0.1) is 0 Å². The van der Waals surface area contributed by atoms with Gasteiger partial charge in [0.2, 0.25) is 0 Å². The molecule has 0 heterocycles. The number of halogens is 3. The van der Waals surface area contributed by atoms with E-state index in [9.17, 15) is 22.8 Å². The minimum absolute atomic E-state index is 0.0703. The molecule has 0 atom stereocenters. The van der Waals surface area contributed by atoms with Crippen LogP contribution in [0, 0.1) is 5.92 Å². The lowest BCUT2D eigenvalue weighted by Crippen LogP contribution is -2.39. The Morgan fingerprint density at radius 2 is 1.88 bits per heavy atom. The highest BCUT2D eigenvalue weighted by Gasteiger charge is 2.31. The highest BCUT2D eigenvalue weighted by Crippen LogP contribution is 2.29. The summed E-state index contributed by atoms with van der Waals surface area (Å²) >= 11 is 0. The van der Waals surface area contributed by atoms with Crippen LogP contribution in [-0.4, -0.2) is 24.5 Å². The Kier molecular flexibility index (Phi) is 5.85. The number of ether oxygens (including phenoxy) is 1. The van der Waals surface area contributed by atoms with Gasteiger partial charge in [-0.25, -0.2) is 4.79 Å². The lowest BCUT2D eigenvalue weighted by molar-refractivity contribution is -0.137. The molecule has 0 saturated heterocycles. The van der Waals surface area contributed by atoms with E-state index in [4.69, 9.17) is 4.74 Å². The van der Waals surface area contributed by atoms with Gasteiger partial charge in [0.15, 0.2) is 6.61 Å². The van der Waals surface area contributed by atoms with Crippen LogP contribution in [0.4, 0.5) is 13.2 Å².